The number of nitrogens with two attached hydrogens (primary N) is 1. The molecule has 0 bridgehead atoms. The molecule has 0 aromatic carbocycles. The standard InChI is InChI=1S/C12H20N4O/c1-4-9(3)16(5-2)12(17)11-7-6-10(15-13)8-14-11/h6-9,15H,4-5,13H2,1-3H3. The lowest BCUT2D eigenvalue weighted by atomic mass is 10.2. The van der Waals surface area contributed by atoms with Gasteiger partial charge in [-0.15, -0.1) is 0 Å². The van der Waals surface area contributed by atoms with Crippen LogP contribution in [0.4, 0.5) is 5.69 Å². The lowest BCUT2D eigenvalue weighted by Gasteiger charge is -2.26. The lowest BCUT2D eigenvalue weighted by Crippen LogP contribution is -2.38. The van der Waals surface area contributed by atoms with Gasteiger partial charge < -0.3 is 10.3 Å². The fourth-order valence-electron chi connectivity index (χ4n) is 1.63. The van der Waals surface area contributed by atoms with Crippen LogP contribution in [0.5, 0.6) is 0 Å². The minimum atomic E-state index is -0.0366. The van der Waals surface area contributed by atoms with Crippen molar-refractivity contribution >= 4 is 11.6 Å². The summed E-state index contributed by atoms with van der Waals surface area (Å²) < 4.78 is 0. The first kappa shape index (κ1) is 13.4. The highest BCUT2D eigenvalue weighted by molar-refractivity contribution is 5.92. The minimum absolute atomic E-state index is 0.0366. The third-order valence-corrected chi connectivity index (χ3v) is 2.87. The molecule has 0 saturated carbocycles. The second-order valence-corrected chi connectivity index (χ2v) is 3.92. The van der Waals surface area contributed by atoms with E-state index in [-0.39, 0.29) is 11.9 Å². The number of nitrogen functional groups attached to an aromatic ring is 1. The van der Waals surface area contributed by atoms with E-state index in [1.807, 2.05) is 18.7 Å². The average Bonchev–Trinajstić information content (AvgIpc) is 2.39. The summed E-state index contributed by atoms with van der Waals surface area (Å²) in [5.74, 6) is 5.21. The van der Waals surface area contributed by atoms with Crippen molar-refractivity contribution in [3.8, 4) is 0 Å². The zero-order valence-electron chi connectivity index (χ0n) is 10.6. The van der Waals surface area contributed by atoms with E-state index in [1.54, 1.807) is 18.3 Å². The monoisotopic (exact) mass is 236 g/mol. The van der Waals surface area contributed by atoms with Crippen molar-refractivity contribution in [3.05, 3.63) is 24.0 Å². The predicted octanol–water partition coefficient (Wildman–Crippen LogP) is 1.63. The molecule has 1 aromatic heterocycles. The number of nitrogens with one attached hydrogen (secondary N) is 1. The van der Waals surface area contributed by atoms with E-state index >= 15 is 0 Å². The molecule has 0 aliphatic rings. The number of carbonyl (C=O) groups is 1. The van der Waals surface area contributed by atoms with E-state index in [0.29, 0.717) is 17.9 Å². The Kier molecular flexibility index (Phi) is 4.90. The first-order valence-corrected chi connectivity index (χ1v) is 5.87. The van der Waals surface area contributed by atoms with Crippen molar-refractivity contribution in [3.63, 3.8) is 0 Å². The van der Waals surface area contributed by atoms with Gasteiger partial charge in [0.25, 0.3) is 5.91 Å². The Morgan fingerprint density at radius 3 is 2.65 bits per heavy atom. The van der Waals surface area contributed by atoms with Crippen molar-refractivity contribution < 1.29 is 4.79 Å². The summed E-state index contributed by atoms with van der Waals surface area (Å²) in [6.07, 6.45) is 2.49. The predicted molar refractivity (Wildman–Crippen MR) is 68.5 cm³/mol. The number of hydrogen-bond acceptors (Lipinski definition) is 4. The van der Waals surface area contributed by atoms with E-state index < -0.39 is 0 Å². The molecule has 5 heteroatoms. The van der Waals surface area contributed by atoms with Crippen molar-refractivity contribution in [2.45, 2.75) is 33.2 Å². The van der Waals surface area contributed by atoms with E-state index in [1.165, 1.54) is 0 Å². The Labute approximate surface area is 102 Å². The third-order valence-electron chi connectivity index (χ3n) is 2.87. The third kappa shape index (κ3) is 3.17. The molecule has 5 nitrogen and oxygen atoms in total. The lowest BCUT2D eigenvalue weighted by molar-refractivity contribution is 0.0694. The zero-order valence-corrected chi connectivity index (χ0v) is 10.6. The fraction of sp³-hybridized carbons (Fsp3) is 0.500. The first-order chi connectivity index (χ1) is 8.13. The molecule has 0 spiro atoms. The summed E-state index contributed by atoms with van der Waals surface area (Å²) in [7, 11) is 0. The van der Waals surface area contributed by atoms with Crippen LogP contribution in [0.15, 0.2) is 18.3 Å². The molecule has 17 heavy (non-hydrogen) atoms. The molecule has 0 aliphatic heterocycles. The first-order valence-electron chi connectivity index (χ1n) is 5.87. The molecule has 0 saturated heterocycles. The molecule has 0 aliphatic carbocycles. The van der Waals surface area contributed by atoms with Gasteiger partial charge in [-0.05, 0) is 32.4 Å². The maximum absolute atomic E-state index is 12.2. The normalized spacial score (nSPS) is 12.0. The molecular formula is C12H20N4O. The summed E-state index contributed by atoms with van der Waals surface area (Å²) in [6.45, 7) is 6.76. The summed E-state index contributed by atoms with van der Waals surface area (Å²) in [5.41, 5.74) is 3.62. The number of carbonyl (C=O) groups excluding carboxylic acids is 1. The van der Waals surface area contributed by atoms with Gasteiger partial charge in [0.05, 0.1) is 11.9 Å². The van der Waals surface area contributed by atoms with Crippen LogP contribution in [-0.2, 0) is 0 Å². The smallest absolute Gasteiger partial charge is 0.272 e. The van der Waals surface area contributed by atoms with Crippen molar-refractivity contribution in [2.24, 2.45) is 5.84 Å². The number of hydrogen-bond donors (Lipinski definition) is 2. The number of hydrazine groups is 1. The number of nitrogens with zero attached hydrogens (tertiary/aromatic N) is 2. The van der Waals surface area contributed by atoms with Gasteiger partial charge in [-0.25, -0.2) is 4.98 Å². The highest BCUT2D eigenvalue weighted by atomic mass is 16.2. The van der Waals surface area contributed by atoms with Crippen LogP contribution in [0.1, 0.15) is 37.7 Å². The quantitative estimate of drug-likeness (QED) is 0.602. The molecular weight excluding hydrogens is 216 g/mol. The van der Waals surface area contributed by atoms with Crippen molar-refractivity contribution in [1.29, 1.82) is 0 Å². The van der Waals surface area contributed by atoms with Crippen LogP contribution >= 0.6 is 0 Å². The Balaban J connectivity index is 2.86. The molecule has 1 amide bonds. The van der Waals surface area contributed by atoms with Crippen LogP contribution in [0, 0.1) is 0 Å². The number of anilines is 1. The Bertz CT molecular complexity index is 363. The van der Waals surface area contributed by atoms with Crippen LogP contribution in [0.3, 0.4) is 0 Å². The van der Waals surface area contributed by atoms with Gasteiger partial charge in [0.1, 0.15) is 5.69 Å². The summed E-state index contributed by atoms with van der Waals surface area (Å²) in [4.78, 5) is 18.1. The van der Waals surface area contributed by atoms with E-state index in [2.05, 4.69) is 17.3 Å². The second-order valence-electron chi connectivity index (χ2n) is 3.92. The minimum Gasteiger partial charge on any atom is -0.335 e. The average molecular weight is 236 g/mol. The van der Waals surface area contributed by atoms with Gasteiger partial charge in [-0.3, -0.25) is 10.6 Å². The van der Waals surface area contributed by atoms with Crippen molar-refractivity contribution in [1.82, 2.24) is 9.88 Å². The highest BCUT2D eigenvalue weighted by Crippen LogP contribution is 2.10. The molecule has 0 radical (unpaired) electrons. The Morgan fingerprint density at radius 2 is 2.24 bits per heavy atom. The molecule has 1 heterocycles. The van der Waals surface area contributed by atoms with Gasteiger partial charge in [0.15, 0.2) is 0 Å². The van der Waals surface area contributed by atoms with Gasteiger partial charge in [0, 0.05) is 12.6 Å². The van der Waals surface area contributed by atoms with Crippen LogP contribution < -0.4 is 11.3 Å². The second kappa shape index (κ2) is 6.20. The van der Waals surface area contributed by atoms with Gasteiger partial charge in [-0.1, -0.05) is 6.92 Å². The zero-order chi connectivity index (χ0) is 12.8. The number of pyridine rings is 1. The maximum Gasteiger partial charge on any atom is 0.272 e. The number of amides is 1. The largest absolute Gasteiger partial charge is 0.335 e. The van der Waals surface area contributed by atoms with Gasteiger partial charge >= 0.3 is 0 Å². The molecule has 1 atom stereocenters. The Hall–Kier alpha value is -1.62. The fourth-order valence-corrected chi connectivity index (χ4v) is 1.63. The Morgan fingerprint density at radius 1 is 1.53 bits per heavy atom. The maximum atomic E-state index is 12.2. The van der Waals surface area contributed by atoms with Crippen LogP contribution in [0.2, 0.25) is 0 Å². The van der Waals surface area contributed by atoms with E-state index in [4.69, 9.17) is 5.84 Å². The van der Waals surface area contributed by atoms with Crippen LogP contribution in [0.25, 0.3) is 0 Å². The molecule has 1 aromatic rings. The molecule has 1 unspecified atom stereocenters. The van der Waals surface area contributed by atoms with Crippen LogP contribution in [-0.4, -0.2) is 28.4 Å². The topological polar surface area (TPSA) is 71.2 Å². The highest BCUT2D eigenvalue weighted by Gasteiger charge is 2.19. The van der Waals surface area contributed by atoms with E-state index in [9.17, 15) is 4.79 Å². The van der Waals surface area contributed by atoms with Gasteiger partial charge in [0.2, 0.25) is 0 Å². The number of aromatic nitrogens is 1. The summed E-state index contributed by atoms with van der Waals surface area (Å²) in [5, 5.41) is 0. The molecule has 1 rings (SSSR count). The SMILES string of the molecule is CCC(C)N(CC)C(=O)c1ccc(NN)cn1. The van der Waals surface area contributed by atoms with Gasteiger partial charge in [-0.2, -0.15) is 0 Å². The summed E-state index contributed by atoms with van der Waals surface area (Å²) >= 11 is 0. The van der Waals surface area contributed by atoms with E-state index in [0.717, 1.165) is 6.42 Å². The molecule has 0 fully saturated rings. The summed E-state index contributed by atoms with van der Waals surface area (Å²) in [6, 6.07) is 3.65. The van der Waals surface area contributed by atoms with Crippen molar-refractivity contribution in [2.75, 3.05) is 12.0 Å². The molecule has 3 N–H and O–H groups in total. The molecule has 94 valence electrons. The number of rotatable bonds is 5.